The average molecular weight is 657 g/mol. The zero-order chi connectivity index (χ0) is 32.8. The highest BCUT2D eigenvalue weighted by molar-refractivity contribution is 7.25. The molecule has 0 amide bonds. The van der Waals surface area contributed by atoms with Gasteiger partial charge in [0.05, 0.1) is 11.0 Å². The molecule has 0 spiro atoms. The topological polar surface area (TPSA) is 21.3 Å². The number of aromatic nitrogens is 1. The van der Waals surface area contributed by atoms with Crippen LogP contribution in [0.15, 0.2) is 174 Å². The zero-order valence-electron chi connectivity index (χ0n) is 26.9. The first-order valence-corrected chi connectivity index (χ1v) is 17.7. The van der Waals surface area contributed by atoms with Gasteiger partial charge in [0.25, 0.3) is 0 Å². The lowest BCUT2D eigenvalue weighted by molar-refractivity contribution is 0.669. The van der Waals surface area contributed by atoms with Crippen molar-refractivity contribution in [3.8, 4) is 5.69 Å². The molecule has 0 N–H and O–H groups in total. The van der Waals surface area contributed by atoms with E-state index in [2.05, 4.69) is 167 Å². The van der Waals surface area contributed by atoms with E-state index in [1.165, 1.54) is 52.8 Å². The van der Waals surface area contributed by atoms with Gasteiger partial charge >= 0.3 is 0 Å². The van der Waals surface area contributed by atoms with Gasteiger partial charge in [-0.2, -0.15) is 0 Å². The average Bonchev–Trinajstić information content (AvgIpc) is 3.83. The van der Waals surface area contributed by atoms with E-state index in [-0.39, 0.29) is 0 Å². The molecule has 0 aliphatic rings. The molecule has 11 rings (SSSR count). The van der Waals surface area contributed by atoms with Crippen LogP contribution in [0.4, 0.5) is 17.1 Å². The second kappa shape index (κ2) is 10.6. The third-order valence-corrected chi connectivity index (χ3v) is 11.2. The van der Waals surface area contributed by atoms with Crippen molar-refractivity contribution in [3.63, 3.8) is 0 Å². The summed E-state index contributed by atoms with van der Waals surface area (Å²) in [5, 5.41) is 9.83. The fourth-order valence-electron chi connectivity index (χ4n) is 7.85. The second-order valence-corrected chi connectivity index (χ2v) is 14.1. The number of anilines is 3. The minimum Gasteiger partial charge on any atom is -0.456 e. The van der Waals surface area contributed by atoms with Gasteiger partial charge in [0.15, 0.2) is 0 Å². The summed E-state index contributed by atoms with van der Waals surface area (Å²) in [6, 6.07) is 61.4. The monoisotopic (exact) mass is 656 g/mol. The van der Waals surface area contributed by atoms with Crippen LogP contribution in [0.5, 0.6) is 0 Å². The molecule has 50 heavy (non-hydrogen) atoms. The van der Waals surface area contributed by atoms with Crippen molar-refractivity contribution in [1.29, 1.82) is 0 Å². The fourth-order valence-corrected chi connectivity index (χ4v) is 9.01. The van der Waals surface area contributed by atoms with Crippen LogP contribution in [0, 0.1) is 0 Å². The van der Waals surface area contributed by atoms with E-state index in [4.69, 9.17) is 4.42 Å². The number of nitrogens with zero attached hydrogens (tertiary/aromatic N) is 2. The van der Waals surface area contributed by atoms with Gasteiger partial charge in [0.1, 0.15) is 11.2 Å². The lowest BCUT2D eigenvalue weighted by Gasteiger charge is -2.26. The molecule has 0 radical (unpaired) electrons. The third kappa shape index (κ3) is 4.09. The Bertz CT molecular complexity index is 3110. The molecule has 0 fully saturated rings. The molecule has 0 aliphatic carbocycles. The summed E-state index contributed by atoms with van der Waals surface area (Å²) in [4.78, 5) is 2.40. The molecule has 0 bridgehead atoms. The van der Waals surface area contributed by atoms with Gasteiger partial charge < -0.3 is 13.9 Å². The Morgan fingerprint density at radius 1 is 0.400 bits per heavy atom. The molecule has 0 atom stereocenters. The van der Waals surface area contributed by atoms with E-state index >= 15 is 0 Å². The largest absolute Gasteiger partial charge is 0.456 e. The maximum atomic E-state index is 6.25. The van der Waals surface area contributed by atoms with Crippen LogP contribution in [0.3, 0.4) is 0 Å². The second-order valence-electron chi connectivity index (χ2n) is 13.0. The van der Waals surface area contributed by atoms with Gasteiger partial charge in [-0.1, -0.05) is 84.9 Å². The Balaban J connectivity index is 1.16. The Morgan fingerprint density at radius 2 is 1.02 bits per heavy atom. The number of rotatable bonds is 4. The van der Waals surface area contributed by atoms with Crippen molar-refractivity contribution in [3.05, 3.63) is 170 Å². The third-order valence-electron chi connectivity index (χ3n) is 10.1. The van der Waals surface area contributed by atoms with Crippen LogP contribution in [0.25, 0.3) is 80.4 Å². The lowest BCUT2D eigenvalue weighted by Crippen LogP contribution is -2.09. The highest BCUT2D eigenvalue weighted by atomic mass is 32.1. The molecule has 8 aromatic carbocycles. The number of hydrogen-bond donors (Lipinski definition) is 0. The molecule has 4 heteroatoms. The molecule has 3 heterocycles. The first kappa shape index (κ1) is 27.6. The number of thiophene rings is 1. The molecule has 0 unspecified atom stereocenters. The van der Waals surface area contributed by atoms with E-state index in [0.29, 0.717) is 0 Å². The molecular formula is C46H28N2OS. The predicted octanol–water partition coefficient (Wildman–Crippen LogP) is 13.7. The summed E-state index contributed by atoms with van der Waals surface area (Å²) in [6.45, 7) is 0. The van der Waals surface area contributed by atoms with Crippen molar-refractivity contribution in [1.82, 2.24) is 4.57 Å². The number of benzene rings is 8. The van der Waals surface area contributed by atoms with Gasteiger partial charge in [-0.25, -0.2) is 0 Å². The van der Waals surface area contributed by atoms with Crippen molar-refractivity contribution in [2.24, 2.45) is 0 Å². The van der Waals surface area contributed by atoms with Gasteiger partial charge in [-0.15, -0.1) is 11.3 Å². The fraction of sp³-hybridized carbons (Fsp3) is 0. The van der Waals surface area contributed by atoms with Crippen LogP contribution < -0.4 is 4.90 Å². The Hall–Kier alpha value is -6.36. The van der Waals surface area contributed by atoms with Crippen LogP contribution in [-0.2, 0) is 0 Å². The predicted molar refractivity (Wildman–Crippen MR) is 213 cm³/mol. The summed E-state index contributed by atoms with van der Waals surface area (Å²) < 4.78 is 11.2. The van der Waals surface area contributed by atoms with Crippen LogP contribution in [-0.4, -0.2) is 4.57 Å². The summed E-state index contributed by atoms with van der Waals surface area (Å²) in [7, 11) is 0. The van der Waals surface area contributed by atoms with Crippen molar-refractivity contribution in [2.75, 3.05) is 4.90 Å². The molecule has 234 valence electrons. The Kier molecular flexibility index (Phi) is 5.83. The normalized spacial score (nSPS) is 12.0. The van der Waals surface area contributed by atoms with Gasteiger partial charge in [0, 0.05) is 64.5 Å². The van der Waals surface area contributed by atoms with Crippen molar-refractivity contribution >= 4 is 103 Å². The molecule has 3 nitrogen and oxygen atoms in total. The summed E-state index contributed by atoms with van der Waals surface area (Å²) in [6.07, 6.45) is 0. The van der Waals surface area contributed by atoms with E-state index in [1.54, 1.807) is 0 Å². The first-order valence-electron chi connectivity index (χ1n) is 16.9. The summed E-state index contributed by atoms with van der Waals surface area (Å²) >= 11 is 1.86. The molecule has 0 aliphatic heterocycles. The highest BCUT2D eigenvalue weighted by Crippen LogP contribution is 2.44. The smallest absolute Gasteiger partial charge is 0.135 e. The molecule has 0 saturated carbocycles. The van der Waals surface area contributed by atoms with Gasteiger partial charge in [0.2, 0.25) is 0 Å². The van der Waals surface area contributed by atoms with Crippen LogP contribution >= 0.6 is 11.3 Å². The maximum absolute atomic E-state index is 6.25. The summed E-state index contributed by atoms with van der Waals surface area (Å²) in [5.41, 5.74) is 8.64. The minimum atomic E-state index is 0.892. The van der Waals surface area contributed by atoms with Crippen molar-refractivity contribution < 1.29 is 4.42 Å². The first-order chi connectivity index (χ1) is 24.8. The van der Waals surface area contributed by atoms with E-state index in [9.17, 15) is 0 Å². The number of para-hydroxylation sites is 3. The van der Waals surface area contributed by atoms with E-state index in [1.807, 2.05) is 23.5 Å². The minimum absolute atomic E-state index is 0.892. The molecule has 0 saturated heterocycles. The van der Waals surface area contributed by atoms with Crippen LogP contribution in [0.1, 0.15) is 0 Å². The van der Waals surface area contributed by atoms with E-state index < -0.39 is 0 Å². The number of fused-ring (bicyclic) bond motifs is 10. The highest BCUT2D eigenvalue weighted by Gasteiger charge is 2.20. The number of furan rings is 1. The van der Waals surface area contributed by atoms with Crippen LogP contribution in [0.2, 0.25) is 0 Å². The number of hydrogen-bond acceptors (Lipinski definition) is 3. The maximum Gasteiger partial charge on any atom is 0.135 e. The SMILES string of the molecule is c1ccc(-n2c3ccccc3c3cc(N(c4ccc5c(c4)sc4cc6ccccc6cc45)c4ccc5oc6ccccc6c5c4)ccc32)cc1. The molecule has 11 aromatic rings. The van der Waals surface area contributed by atoms with E-state index in [0.717, 1.165) is 44.7 Å². The Labute approximate surface area is 291 Å². The quantitative estimate of drug-likeness (QED) is 0.188. The molecular weight excluding hydrogens is 629 g/mol. The zero-order valence-corrected chi connectivity index (χ0v) is 27.7. The standard InChI is InChI=1S/C46H28N2OS/c1-2-12-31(13-3-1)48-41-16-8-6-14-35(41)38-26-32(19-22-42(38)48)47(33-20-23-44-39(27-33)36-15-7-9-17-43(36)49-44)34-18-21-37-40-24-29-10-4-5-11-30(29)25-45(40)50-46(37)28-34/h1-28H. The lowest BCUT2D eigenvalue weighted by atomic mass is 10.1. The van der Waals surface area contributed by atoms with Crippen molar-refractivity contribution in [2.45, 2.75) is 0 Å². The molecule has 3 aromatic heterocycles. The Morgan fingerprint density at radius 3 is 1.90 bits per heavy atom. The van der Waals surface area contributed by atoms with Gasteiger partial charge in [-0.05, 0) is 95.7 Å². The summed E-state index contributed by atoms with van der Waals surface area (Å²) in [5.74, 6) is 0. The van der Waals surface area contributed by atoms with Gasteiger partial charge in [-0.3, -0.25) is 0 Å².